The van der Waals surface area contributed by atoms with Crippen molar-refractivity contribution < 1.29 is 30.0 Å². The number of hydrogen-bond donors (Lipinski definition) is 1. The van der Waals surface area contributed by atoms with Gasteiger partial charge in [-0.15, -0.1) is 34.9 Å². The molecule has 0 fully saturated rings. The topological polar surface area (TPSA) is 50.2 Å². The molecule has 1 aromatic heterocycles. The van der Waals surface area contributed by atoms with Crippen LogP contribution in [0.5, 0.6) is 0 Å². The van der Waals surface area contributed by atoms with Gasteiger partial charge < -0.3 is 10.1 Å². The van der Waals surface area contributed by atoms with Crippen LogP contribution in [0.2, 0.25) is 0 Å². The van der Waals surface area contributed by atoms with Crippen LogP contribution in [0.4, 0.5) is 0 Å². The summed E-state index contributed by atoms with van der Waals surface area (Å²) in [6, 6.07) is 14.5. The minimum absolute atomic E-state index is 0. The summed E-state index contributed by atoms with van der Waals surface area (Å²) in [5.41, 5.74) is 7.55. The zero-order chi connectivity index (χ0) is 29.1. The number of pyridine rings is 1. The van der Waals surface area contributed by atoms with Gasteiger partial charge in [-0.1, -0.05) is 94.9 Å². The first-order chi connectivity index (χ1) is 18.3. The number of aryl methyl sites for hydroxylation is 2. The van der Waals surface area contributed by atoms with E-state index in [1.54, 1.807) is 0 Å². The van der Waals surface area contributed by atoms with E-state index in [1.165, 1.54) is 33.5 Å². The Morgan fingerprint density at radius 3 is 2.02 bits per heavy atom. The number of carbonyl (C=O) groups is 1. The molecule has 0 saturated heterocycles. The van der Waals surface area contributed by atoms with Gasteiger partial charge in [-0.25, -0.2) is 0 Å². The Morgan fingerprint density at radius 1 is 0.927 bits per heavy atom. The molecule has 3 aromatic rings. The number of aliphatic hydroxyl groups is 1. The van der Waals surface area contributed by atoms with Crippen molar-refractivity contribution in [3.8, 4) is 11.3 Å². The molecule has 0 saturated carbocycles. The number of ketones is 1. The van der Waals surface area contributed by atoms with Crippen LogP contribution in [0.3, 0.4) is 0 Å². The minimum atomic E-state index is 0. The Kier molecular flexibility index (Phi) is 13.2. The average Bonchev–Trinajstić information content (AvgIpc) is 3.03. The van der Waals surface area contributed by atoms with Crippen molar-refractivity contribution in [2.45, 2.75) is 113 Å². The first-order valence-electron chi connectivity index (χ1n) is 14.7. The number of nitrogens with zero attached hydrogens (tertiary/aromatic N) is 1. The van der Waals surface area contributed by atoms with Gasteiger partial charge in [-0.3, -0.25) is 4.79 Å². The van der Waals surface area contributed by atoms with Crippen LogP contribution in [0.1, 0.15) is 111 Å². The molecule has 1 N–H and O–H groups in total. The largest absolute Gasteiger partial charge is 0.512 e. The van der Waals surface area contributed by atoms with Crippen LogP contribution in [0.15, 0.2) is 48.4 Å². The second-order valence-corrected chi connectivity index (χ2v) is 12.3. The maximum Gasteiger partial charge on any atom is 0.162 e. The molecular formula is C37H52IrNO2-. The first kappa shape index (κ1) is 36.7. The van der Waals surface area contributed by atoms with Crippen LogP contribution >= 0.6 is 0 Å². The third-order valence-electron chi connectivity index (χ3n) is 9.31. The zero-order valence-corrected chi connectivity index (χ0v) is 28.6. The van der Waals surface area contributed by atoms with E-state index >= 15 is 0 Å². The Labute approximate surface area is 263 Å². The molecule has 0 atom stereocenters. The standard InChI is InChI=1S/C23H24N.C13H24O2.CH4.Ir/c1-14-10-15(2)12-16(11-14)21-17-8-7-9-18-20(17)19(13-24-21)23(5,6)22(18,3)4;1-5-10(6-2)12(14)9-13(15)11(7-3)8-4;;/h7-11,13H,1-6H3;9-11,14H,5-8H2,1-4H3;1H4;/q-1;;;. The van der Waals surface area contributed by atoms with Gasteiger partial charge in [0.05, 0.1) is 5.76 Å². The summed E-state index contributed by atoms with van der Waals surface area (Å²) >= 11 is 0. The van der Waals surface area contributed by atoms with Gasteiger partial charge in [0.1, 0.15) is 0 Å². The average molecular weight is 735 g/mol. The van der Waals surface area contributed by atoms with E-state index in [9.17, 15) is 9.90 Å². The van der Waals surface area contributed by atoms with Gasteiger partial charge in [-0.2, -0.15) is 0 Å². The Balaban J connectivity index is 0.000000436. The number of hydrogen-bond acceptors (Lipinski definition) is 3. The van der Waals surface area contributed by atoms with Crippen LogP contribution in [-0.2, 0) is 35.7 Å². The summed E-state index contributed by atoms with van der Waals surface area (Å²) in [5.74, 6) is 0.547. The fraction of sp³-hybridized carbons (Fsp3) is 0.514. The molecule has 2 aromatic carbocycles. The molecule has 1 radical (unpaired) electrons. The molecule has 4 rings (SSSR count). The summed E-state index contributed by atoms with van der Waals surface area (Å²) in [6.07, 6.45) is 7.00. The van der Waals surface area contributed by atoms with Gasteiger partial charge in [0.15, 0.2) is 5.78 Å². The Hall–Kier alpha value is -2.29. The molecule has 1 aliphatic carbocycles. The molecule has 0 unspecified atom stereocenters. The summed E-state index contributed by atoms with van der Waals surface area (Å²) in [7, 11) is 0. The molecule has 1 aliphatic rings. The predicted octanol–water partition coefficient (Wildman–Crippen LogP) is 10.4. The number of rotatable bonds is 8. The maximum atomic E-state index is 11.7. The zero-order valence-electron chi connectivity index (χ0n) is 26.2. The summed E-state index contributed by atoms with van der Waals surface area (Å²) in [5, 5.41) is 12.4. The smallest absolute Gasteiger partial charge is 0.162 e. The van der Waals surface area contributed by atoms with Gasteiger partial charge >= 0.3 is 0 Å². The van der Waals surface area contributed by atoms with Crippen molar-refractivity contribution in [3.05, 3.63) is 76.7 Å². The quantitative estimate of drug-likeness (QED) is 0.142. The van der Waals surface area contributed by atoms with Crippen LogP contribution < -0.4 is 0 Å². The normalized spacial score (nSPS) is 14.8. The van der Waals surface area contributed by atoms with Crippen molar-refractivity contribution in [1.29, 1.82) is 0 Å². The van der Waals surface area contributed by atoms with Crippen LogP contribution in [0.25, 0.3) is 22.0 Å². The number of allylic oxidation sites excluding steroid dienone is 2. The molecule has 227 valence electrons. The minimum Gasteiger partial charge on any atom is -0.512 e. The van der Waals surface area contributed by atoms with Crippen molar-refractivity contribution in [2.24, 2.45) is 11.8 Å². The van der Waals surface area contributed by atoms with Crippen molar-refractivity contribution in [3.63, 3.8) is 0 Å². The number of aromatic nitrogens is 1. The second kappa shape index (κ2) is 14.7. The van der Waals surface area contributed by atoms with Gasteiger partial charge in [0, 0.05) is 49.6 Å². The Bertz CT molecular complexity index is 1320. The molecular weight excluding hydrogens is 683 g/mol. The third kappa shape index (κ3) is 7.20. The van der Waals surface area contributed by atoms with Crippen LogP contribution in [-0.4, -0.2) is 15.9 Å². The van der Waals surface area contributed by atoms with E-state index in [4.69, 9.17) is 4.98 Å². The second-order valence-electron chi connectivity index (χ2n) is 12.3. The molecule has 41 heavy (non-hydrogen) atoms. The fourth-order valence-electron chi connectivity index (χ4n) is 5.99. The van der Waals surface area contributed by atoms with Crippen molar-refractivity contribution in [2.75, 3.05) is 0 Å². The maximum absolute atomic E-state index is 11.7. The molecule has 4 heteroatoms. The summed E-state index contributed by atoms with van der Waals surface area (Å²) in [4.78, 5) is 16.6. The Morgan fingerprint density at radius 2 is 1.49 bits per heavy atom. The predicted molar refractivity (Wildman–Crippen MR) is 172 cm³/mol. The van der Waals surface area contributed by atoms with Crippen molar-refractivity contribution in [1.82, 2.24) is 4.98 Å². The van der Waals surface area contributed by atoms with E-state index in [-0.39, 0.29) is 61.7 Å². The molecule has 1 heterocycles. The van der Waals surface area contributed by atoms with E-state index in [1.807, 2.05) is 27.7 Å². The molecule has 3 nitrogen and oxygen atoms in total. The third-order valence-corrected chi connectivity index (χ3v) is 9.31. The van der Waals surface area contributed by atoms with Gasteiger partial charge in [0.25, 0.3) is 0 Å². The van der Waals surface area contributed by atoms with Crippen molar-refractivity contribution >= 4 is 16.6 Å². The fourth-order valence-corrected chi connectivity index (χ4v) is 5.99. The van der Waals surface area contributed by atoms with E-state index in [0.717, 1.165) is 42.5 Å². The summed E-state index contributed by atoms with van der Waals surface area (Å²) < 4.78 is 0. The summed E-state index contributed by atoms with van der Waals surface area (Å²) in [6.45, 7) is 21.7. The number of benzene rings is 2. The number of aliphatic hydroxyl groups excluding tert-OH is 1. The molecule has 0 spiro atoms. The SMILES string of the molecule is C.CCC(CC)C(=O)C=C(O)C(CC)CC.Cc1[c-]c(-c2ncc3c4c(cccc24)C(C)(C)C3(C)C)cc(C)c1.[Ir]. The first-order valence-corrected chi connectivity index (χ1v) is 14.7. The monoisotopic (exact) mass is 735 g/mol. The van der Waals surface area contributed by atoms with E-state index in [0.29, 0.717) is 0 Å². The van der Waals surface area contributed by atoms with E-state index in [2.05, 4.69) is 84.1 Å². The molecule has 0 aliphatic heterocycles. The van der Waals surface area contributed by atoms with E-state index < -0.39 is 0 Å². The van der Waals surface area contributed by atoms with Crippen LogP contribution in [0, 0.1) is 31.7 Å². The molecule has 0 amide bonds. The number of carbonyl (C=O) groups excluding carboxylic acids is 1. The molecule has 0 bridgehead atoms. The van der Waals surface area contributed by atoms with Gasteiger partial charge in [0.2, 0.25) is 0 Å². The van der Waals surface area contributed by atoms with Gasteiger partial charge in [-0.05, 0) is 58.7 Å².